The largest absolute Gasteiger partial charge is 0.532 e. The number of alkyl halides is 3. The molecular weight excluding hydrogens is 402 g/mol. The van der Waals surface area contributed by atoms with Crippen molar-refractivity contribution in [2.24, 2.45) is 5.92 Å². The summed E-state index contributed by atoms with van der Waals surface area (Å²) >= 11 is 0. The maximum atomic E-state index is 14.0. The molecule has 1 aliphatic carbocycles. The molecule has 1 heterocycles. The zero-order valence-corrected chi connectivity index (χ0v) is 19.0. The van der Waals surface area contributed by atoms with E-state index in [1.54, 1.807) is 0 Å². The van der Waals surface area contributed by atoms with E-state index in [0.29, 0.717) is 5.56 Å². The fourth-order valence-electron chi connectivity index (χ4n) is 2.96. The minimum Gasteiger partial charge on any atom is -0.532 e. The van der Waals surface area contributed by atoms with Crippen molar-refractivity contribution in [3.63, 3.8) is 0 Å². The number of rotatable bonds is 5. The molecule has 0 saturated heterocycles. The normalized spacial score (nSPS) is 13.4. The van der Waals surface area contributed by atoms with Crippen molar-refractivity contribution in [1.82, 2.24) is 4.98 Å². The van der Waals surface area contributed by atoms with Gasteiger partial charge < -0.3 is 9.41 Å². The molecule has 0 fully saturated rings. The van der Waals surface area contributed by atoms with Crippen LogP contribution in [0.5, 0.6) is 5.88 Å². The quantitative estimate of drug-likeness (QED) is 0.445. The lowest BCUT2D eigenvalue weighted by molar-refractivity contribution is -0.127. The van der Waals surface area contributed by atoms with Gasteiger partial charge in [-0.1, -0.05) is 34.6 Å². The van der Waals surface area contributed by atoms with Crippen molar-refractivity contribution in [3.05, 3.63) is 39.3 Å². The second kappa shape index (κ2) is 7.78. The predicted molar refractivity (Wildman–Crippen MR) is 110 cm³/mol. The van der Waals surface area contributed by atoms with Gasteiger partial charge in [-0.15, -0.1) is 0 Å². The molecule has 1 N–H and O–H groups in total. The molecule has 1 aliphatic heterocycles. The number of benzene rings is 1. The molecule has 2 aliphatic rings. The summed E-state index contributed by atoms with van der Waals surface area (Å²) in [5, 5.41) is -0.179. The van der Waals surface area contributed by atoms with Crippen LogP contribution in [0.25, 0.3) is 11.3 Å². The number of hydrogen-bond donors (Lipinski definition) is 1. The fraction of sp³-hybridized carbons (Fsp3) is 0.571. The highest BCUT2D eigenvalue weighted by Gasteiger charge is 2.41. The highest BCUT2D eigenvalue weighted by Crippen LogP contribution is 2.41. The van der Waals surface area contributed by atoms with Crippen LogP contribution in [0.4, 0.5) is 17.6 Å². The monoisotopic (exact) mass is 431 g/mol. The summed E-state index contributed by atoms with van der Waals surface area (Å²) in [5.74, 6) is -0.802. The molecule has 0 aromatic carbocycles. The van der Waals surface area contributed by atoms with Crippen LogP contribution in [-0.2, 0) is 12.8 Å². The van der Waals surface area contributed by atoms with Crippen molar-refractivity contribution in [1.29, 1.82) is 0 Å². The molecule has 0 bridgehead atoms. The van der Waals surface area contributed by atoms with Crippen LogP contribution in [0.3, 0.4) is 0 Å². The summed E-state index contributed by atoms with van der Waals surface area (Å²) in [6.07, 6.45) is -5.59. The smallest absolute Gasteiger partial charge is 0.393 e. The molecule has 3 nitrogen and oxygen atoms in total. The topological polar surface area (TPSA) is 42.1 Å². The van der Waals surface area contributed by atoms with E-state index in [4.69, 9.17) is 4.43 Å². The molecular formula is C21H29F4NO2Si. The Morgan fingerprint density at radius 1 is 1.10 bits per heavy atom. The van der Waals surface area contributed by atoms with Crippen LogP contribution >= 0.6 is 0 Å². The summed E-state index contributed by atoms with van der Waals surface area (Å²) in [6.45, 7) is 13.8. The maximum absolute atomic E-state index is 14.0. The lowest BCUT2D eigenvalue weighted by atomic mass is 9.90. The van der Waals surface area contributed by atoms with Gasteiger partial charge in [-0.25, -0.2) is 4.39 Å². The predicted octanol–water partition coefficient (Wildman–Crippen LogP) is 6.31. The third-order valence-corrected chi connectivity index (χ3v) is 9.78. The first-order valence-electron chi connectivity index (χ1n) is 9.65. The van der Waals surface area contributed by atoms with E-state index in [-0.39, 0.29) is 40.1 Å². The number of hydrogen-bond acceptors (Lipinski definition) is 2. The minimum atomic E-state index is -4.55. The Balaban J connectivity index is 2.88. The van der Waals surface area contributed by atoms with Gasteiger partial charge in [0.2, 0.25) is 5.43 Å². The summed E-state index contributed by atoms with van der Waals surface area (Å²) in [7, 11) is -2.39. The van der Waals surface area contributed by atoms with Gasteiger partial charge >= 0.3 is 6.18 Å². The second-order valence-electron chi connectivity index (χ2n) is 9.46. The van der Waals surface area contributed by atoms with Crippen LogP contribution in [0.15, 0.2) is 16.9 Å². The summed E-state index contributed by atoms with van der Waals surface area (Å²) in [6, 6.07) is 2.26. The molecule has 0 aromatic heterocycles. The first-order valence-corrected chi connectivity index (χ1v) is 12.6. The summed E-state index contributed by atoms with van der Waals surface area (Å²) in [4.78, 5) is 15.4. The van der Waals surface area contributed by atoms with Gasteiger partial charge in [-0.05, 0) is 48.2 Å². The van der Waals surface area contributed by atoms with E-state index in [1.807, 2.05) is 47.7 Å². The van der Waals surface area contributed by atoms with Crippen LogP contribution in [0, 0.1) is 11.7 Å². The number of H-pyrrole nitrogens is 1. The van der Waals surface area contributed by atoms with Crippen molar-refractivity contribution in [2.75, 3.05) is 0 Å². The SMILES string of the molecule is CC(C)Cc1c(O[Si](C)(C)C(C)(C)C)[nH]c2ccc(F)c(=O)c-2c1CC(F)(F)F. The molecule has 0 unspecified atom stereocenters. The number of nitrogens with one attached hydrogen (secondary N) is 1. The van der Waals surface area contributed by atoms with Crippen molar-refractivity contribution >= 4 is 8.32 Å². The number of halogens is 4. The molecule has 162 valence electrons. The first kappa shape index (κ1) is 23.4. The molecule has 8 heteroatoms. The molecule has 0 atom stereocenters. The highest BCUT2D eigenvalue weighted by atomic mass is 28.4. The molecule has 0 amide bonds. The maximum Gasteiger partial charge on any atom is 0.393 e. The Labute approximate surface area is 170 Å². The molecule has 2 rings (SSSR count). The highest BCUT2D eigenvalue weighted by molar-refractivity contribution is 6.74. The fourth-order valence-corrected chi connectivity index (χ4v) is 3.95. The van der Waals surface area contributed by atoms with Gasteiger partial charge in [-0.3, -0.25) is 4.79 Å². The van der Waals surface area contributed by atoms with Crippen LogP contribution < -0.4 is 9.85 Å². The Morgan fingerprint density at radius 3 is 2.17 bits per heavy atom. The van der Waals surface area contributed by atoms with E-state index in [0.717, 1.165) is 6.07 Å². The summed E-state index contributed by atoms with van der Waals surface area (Å²) < 4.78 is 60.6. The van der Waals surface area contributed by atoms with Crippen molar-refractivity contribution in [3.8, 4) is 17.1 Å². The lowest BCUT2D eigenvalue weighted by Gasteiger charge is -2.37. The Kier molecular flexibility index (Phi) is 6.29. The van der Waals surface area contributed by atoms with E-state index >= 15 is 0 Å². The molecule has 0 saturated carbocycles. The number of aromatic amines is 1. The van der Waals surface area contributed by atoms with Gasteiger partial charge in [-0.2, -0.15) is 13.2 Å². The van der Waals surface area contributed by atoms with Gasteiger partial charge in [0.05, 0.1) is 17.7 Å². The first-order chi connectivity index (χ1) is 13.0. The van der Waals surface area contributed by atoms with Gasteiger partial charge in [0.25, 0.3) is 8.32 Å². The lowest BCUT2D eigenvalue weighted by Crippen LogP contribution is -2.44. The van der Waals surface area contributed by atoms with E-state index in [1.165, 1.54) is 6.07 Å². The average molecular weight is 432 g/mol. The number of pyridine rings is 1. The summed E-state index contributed by atoms with van der Waals surface area (Å²) in [5.41, 5.74) is -1.02. The average Bonchev–Trinajstić information content (AvgIpc) is 2.51. The Morgan fingerprint density at radius 2 is 1.69 bits per heavy atom. The van der Waals surface area contributed by atoms with E-state index < -0.39 is 32.2 Å². The molecule has 29 heavy (non-hydrogen) atoms. The van der Waals surface area contributed by atoms with Crippen LogP contribution in [-0.4, -0.2) is 19.5 Å². The second-order valence-corrected chi connectivity index (χ2v) is 14.2. The third-order valence-electron chi connectivity index (χ3n) is 5.45. The van der Waals surface area contributed by atoms with E-state index in [9.17, 15) is 22.4 Å². The van der Waals surface area contributed by atoms with Gasteiger partial charge in [0.15, 0.2) is 11.7 Å². The Bertz CT molecular complexity index is 911. The van der Waals surface area contributed by atoms with Crippen molar-refractivity contribution < 1.29 is 22.0 Å². The minimum absolute atomic E-state index is 0.0123. The van der Waals surface area contributed by atoms with Crippen LogP contribution in [0.2, 0.25) is 18.1 Å². The zero-order chi connectivity index (χ0) is 22.4. The van der Waals surface area contributed by atoms with E-state index in [2.05, 4.69) is 4.98 Å². The Hall–Kier alpha value is -1.83. The molecule has 0 spiro atoms. The molecule has 0 aromatic rings. The zero-order valence-electron chi connectivity index (χ0n) is 18.0. The van der Waals surface area contributed by atoms with Crippen LogP contribution in [0.1, 0.15) is 45.7 Å². The van der Waals surface area contributed by atoms with Gasteiger partial charge in [0, 0.05) is 5.56 Å². The number of fused-ring (bicyclic) bond motifs is 1. The third kappa shape index (κ3) is 5.21. The number of aromatic nitrogens is 1. The van der Waals surface area contributed by atoms with Crippen molar-refractivity contribution in [2.45, 2.75) is 71.8 Å². The standard InChI is InChI=1S/C21H29F4NO2Si/c1-12(2)10-13-14(11-21(23,24)25)17-16(9-8-15(22)18(17)27)26-19(13)28-29(6,7)20(3,4)5/h8-9,12,26H,10-11H2,1-7H3. The molecule has 0 radical (unpaired) electrons. The van der Waals surface area contributed by atoms with Gasteiger partial charge in [0.1, 0.15) is 0 Å².